The third-order valence-electron chi connectivity index (χ3n) is 3.40. The van der Waals surface area contributed by atoms with Crippen LogP contribution < -0.4 is 4.90 Å². The number of benzene rings is 1. The molecule has 104 valence electrons. The van der Waals surface area contributed by atoms with Crippen molar-refractivity contribution in [3.05, 3.63) is 29.8 Å². The molecule has 19 heavy (non-hydrogen) atoms. The minimum atomic E-state index is 0.0512. The van der Waals surface area contributed by atoms with Gasteiger partial charge in [0.05, 0.1) is 5.25 Å². The van der Waals surface area contributed by atoms with Gasteiger partial charge in [0.1, 0.15) is 0 Å². The van der Waals surface area contributed by atoms with Crippen molar-refractivity contribution in [2.45, 2.75) is 25.5 Å². The van der Waals surface area contributed by atoms with Crippen molar-refractivity contribution in [1.29, 1.82) is 0 Å². The van der Waals surface area contributed by atoms with Gasteiger partial charge in [0.25, 0.3) is 0 Å². The summed E-state index contributed by atoms with van der Waals surface area (Å²) in [5.74, 6) is 1.31. The number of nitrogens with zero attached hydrogens (tertiary/aromatic N) is 1. The molecule has 1 heterocycles. The summed E-state index contributed by atoms with van der Waals surface area (Å²) in [4.78, 5) is 14.2. The Bertz CT molecular complexity index is 432. The molecule has 2 atom stereocenters. The maximum absolute atomic E-state index is 12.3. The smallest absolute Gasteiger partial charge is 0.240 e. The first-order valence-electron chi connectivity index (χ1n) is 6.72. The molecular formula is C15H21NO2S. The number of aryl methyl sites for hydroxylation is 1. The Morgan fingerprint density at radius 1 is 1.42 bits per heavy atom. The van der Waals surface area contributed by atoms with Crippen molar-refractivity contribution < 1.29 is 9.90 Å². The zero-order valence-electron chi connectivity index (χ0n) is 11.5. The van der Waals surface area contributed by atoms with Gasteiger partial charge in [-0.25, -0.2) is 0 Å². The number of hydrogen-bond donors (Lipinski definition) is 1. The summed E-state index contributed by atoms with van der Waals surface area (Å²) < 4.78 is 0. The number of carbonyl (C=O) groups is 1. The van der Waals surface area contributed by atoms with Crippen molar-refractivity contribution in [2.24, 2.45) is 5.92 Å². The Morgan fingerprint density at radius 2 is 2.11 bits per heavy atom. The quantitative estimate of drug-likeness (QED) is 0.900. The Kier molecular flexibility index (Phi) is 4.88. The summed E-state index contributed by atoms with van der Waals surface area (Å²) in [7, 11) is 0. The van der Waals surface area contributed by atoms with Crippen LogP contribution in [0, 0.1) is 12.8 Å². The number of carbonyl (C=O) groups excluding carboxylic acids is 1. The van der Waals surface area contributed by atoms with Crippen LogP contribution in [0.4, 0.5) is 5.69 Å². The molecule has 1 fully saturated rings. The van der Waals surface area contributed by atoms with E-state index in [0.717, 1.165) is 24.4 Å². The lowest BCUT2D eigenvalue weighted by atomic mass is 10.2. The van der Waals surface area contributed by atoms with E-state index >= 15 is 0 Å². The van der Waals surface area contributed by atoms with E-state index in [4.69, 9.17) is 5.11 Å². The third kappa shape index (κ3) is 3.51. The zero-order valence-corrected chi connectivity index (χ0v) is 12.3. The molecule has 1 aliphatic heterocycles. The van der Waals surface area contributed by atoms with Gasteiger partial charge < -0.3 is 10.0 Å². The van der Waals surface area contributed by atoms with E-state index in [2.05, 4.69) is 0 Å². The number of aliphatic hydroxyl groups is 1. The second-order valence-electron chi connectivity index (χ2n) is 5.22. The predicted molar refractivity (Wildman–Crippen MR) is 80.6 cm³/mol. The Hall–Kier alpha value is -1.00. The van der Waals surface area contributed by atoms with Crippen molar-refractivity contribution in [3.8, 4) is 0 Å². The Morgan fingerprint density at radius 3 is 2.74 bits per heavy atom. The average Bonchev–Trinajstić information content (AvgIpc) is 2.78. The fourth-order valence-corrected chi connectivity index (χ4v) is 3.33. The molecule has 0 aromatic heterocycles. The largest absolute Gasteiger partial charge is 0.396 e. The SMILES string of the molecule is Cc1ccc(N2CC[C@H](SC[C@H](C)CO)C2=O)cc1. The lowest BCUT2D eigenvalue weighted by Gasteiger charge is -2.17. The van der Waals surface area contributed by atoms with E-state index in [9.17, 15) is 4.79 Å². The Labute approximate surface area is 119 Å². The van der Waals surface area contributed by atoms with Crippen LogP contribution in [0.3, 0.4) is 0 Å². The van der Waals surface area contributed by atoms with Gasteiger partial charge in [-0.15, -0.1) is 11.8 Å². The van der Waals surface area contributed by atoms with Gasteiger partial charge >= 0.3 is 0 Å². The van der Waals surface area contributed by atoms with Crippen molar-refractivity contribution in [2.75, 3.05) is 23.8 Å². The van der Waals surface area contributed by atoms with Gasteiger partial charge in [0, 0.05) is 18.8 Å². The molecule has 3 nitrogen and oxygen atoms in total. The first-order chi connectivity index (χ1) is 9.11. The molecule has 0 radical (unpaired) electrons. The summed E-state index contributed by atoms with van der Waals surface area (Å²) in [6.45, 7) is 5.04. The zero-order chi connectivity index (χ0) is 13.8. The maximum Gasteiger partial charge on any atom is 0.240 e. The van der Waals surface area contributed by atoms with Gasteiger partial charge in [-0.1, -0.05) is 24.6 Å². The summed E-state index contributed by atoms with van der Waals surface area (Å²) in [6.07, 6.45) is 0.898. The average molecular weight is 279 g/mol. The van der Waals surface area contributed by atoms with E-state index in [1.165, 1.54) is 5.56 Å². The second-order valence-corrected chi connectivity index (χ2v) is 6.46. The fourth-order valence-electron chi connectivity index (χ4n) is 2.12. The van der Waals surface area contributed by atoms with Crippen LogP contribution in [0.5, 0.6) is 0 Å². The molecular weight excluding hydrogens is 258 g/mol. The second kappa shape index (κ2) is 6.44. The topological polar surface area (TPSA) is 40.5 Å². The van der Waals surface area contributed by atoms with Crippen LogP contribution in [0.1, 0.15) is 18.9 Å². The highest BCUT2D eigenvalue weighted by molar-refractivity contribution is 8.00. The molecule has 1 aromatic rings. The molecule has 1 aromatic carbocycles. The lowest BCUT2D eigenvalue weighted by molar-refractivity contribution is -0.116. The minimum absolute atomic E-state index is 0.0512. The highest BCUT2D eigenvalue weighted by Gasteiger charge is 2.32. The Balaban J connectivity index is 1.96. The molecule has 0 bridgehead atoms. The van der Waals surface area contributed by atoms with Crippen LogP contribution in [0.15, 0.2) is 24.3 Å². The third-order valence-corrected chi connectivity index (χ3v) is 5.00. The molecule has 0 unspecified atom stereocenters. The van der Waals surface area contributed by atoms with E-state index in [1.54, 1.807) is 11.8 Å². The maximum atomic E-state index is 12.3. The lowest BCUT2D eigenvalue weighted by Crippen LogP contribution is -2.28. The molecule has 1 aliphatic rings. The van der Waals surface area contributed by atoms with Crippen LogP contribution in [0.2, 0.25) is 0 Å². The van der Waals surface area contributed by atoms with Crippen LogP contribution >= 0.6 is 11.8 Å². The van der Waals surface area contributed by atoms with Crippen LogP contribution in [-0.4, -0.2) is 35.2 Å². The number of thioether (sulfide) groups is 1. The monoisotopic (exact) mass is 279 g/mol. The molecule has 0 saturated carbocycles. The molecule has 4 heteroatoms. The minimum Gasteiger partial charge on any atom is -0.396 e. The normalized spacial score (nSPS) is 20.9. The molecule has 2 rings (SSSR count). The molecule has 1 N–H and O–H groups in total. The number of rotatable bonds is 5. The summed E-state index contributed by atoms with van der Waals surface area (Å²) in [6, 6.07) is 8.10. The molecule has 0 aliphatic carbocycles. The number of anilines is 1. The first-order valence-corrected chi connectivity index (χ1v) is 7.77. The van der Waals surface area contributed by atoms with E-state index in [1.807, 2.05) is 43.0 Å². The van der Waals surface area contributed by atoms with Gasteiger partial charge in [-0.05, 0) is 37.1 Å². The first kappa shape index (κ1) is 14.4. The predicted octanol–water partition coefficient (Wildman–Crippen LogP) is 2.46. The van der Waals surface area contributed by atoms with Crippen molar-refractivity contribution >= 4 is 23.4 Å². The number of aliphatic hydroxyl groups excluding tert-OH is 1. The van der Waals surface area contributed by atoms with Gasteiger partial charge in [-0.3, -0.25) is 4.79 Å². The van der Waals surface area contributed by atoms with E-state index in [-0.39, 0.29) is 23.7 Å². The van der Waals surface area contributed by atoms with Crippen LogP contribution in [0.25, 0.3) is 0 Å². The number of hydrogen-bond acceptors (Lipinski definition) is 3. The highest BCUT2D eigenvalue weighted by atomic mass is 32.2. The highest BCUT2D eigenvalue weighted by Crippen LogP contribution is 2.29. The summed E-state index contributed by atoms with van der Waals surface area (Å²) >= 11 is 1.68. The van der Waals surface area contributed by atoms with Gasteiger partial charge in [0.15, 0.2) is 0 Å². The fraction of sp³-hybridized carbons (Fsp3) is 0.533. The summed E-state index contributed by atoms with van der Waals surface area (Å²) in [5.41, 5.74) is 2.20. The van der Waals surface area contributed by atoms with Gasteiger partial charge in [0.2, 0.25) is 5.91 Å². The molecule has 1 amide bonds. The van der Waals surface area contributed by atoms with E-state index < -0.39 is 0 Å². The van der Waals surface area contributed by atoms with Crippen LogP contribution in [-0.2, 0) is 4.79 Å². The van der Waals surface area contributed by atoms with Crippen molar-refractivity contribution in [3.63, 3.8) is 0 Å². The number of amides is 1. The molecule has 1 saturated heterocycles. The van der Waals surface area contributed by atoms with Crippen molar-refractivity contribution in [1.82, 2.24) is 0 Å². The standard InChI is InChI=1S/C15H21NO2S/c1-11-3-5-13(6-4-11)16-8-7-14(15(16)18)19-10-12(2)9-17/h3-6,12,14,17H,7-10H2,1-2H3/t12-,14+/m1/s1. The molecule has 0 spiro atoms. The van der Waals surface area contributed by atoms with E-state index in [0.29, 0.717) is 0 Å². The van der Waals surface area contributed by atoms with Gasteiger partial charge in [-0.2, -0.15) is 0 Å². The summed E-state index contributed by atoms with van der Waals surface area (Å²) in [5, 5.41) is 9.07.